The number of nitrogen functional groups attached to an aromatic ring is 1. The lowest BCUT2D eigenvalue weighted by molar-refractivity contribution is 0.253. The quantitative estimate of drug-likeness (QED) is 0.775. The van der Waals surface area contributed by atoms with Gasteiger partial charge in [0.1, 0.15) is 5.76 Å². The van der Waals surface area contributed by atoms with Gasteiger partial charge in [-0.1, -0.05) is 25.1 Å². The first-order chi connectivity index (χ1) is 9.29. The monoisotopic (exact) mass is 258 g/mol. The van der Waals surface area contributed by atoms with E-state index in [1.54, 1.807) is 6.26 Å². The number of aryl methyl sites for hydroxylation is 1. The topological polar surface area (TPSA) is 42.4 Å². The number of benzene rings is 1. The summed E-state index contributed by atoms with van der Waals surface area (Å²) in [4.78, 5) is 2.39. The third-order valence-corrected chi connectivity index (χ3v) is 3.38. The van der Waals surface area contributed by atoms with Crippen molar-refractivity contribution in [3.63, 3.8) is 0 Å². The first kappa shape index (κ1) is 13.7. The van der Waals surface area contributed by atoms with E-state index >= 15 is 0 Å². The first-order valence-corrected chi connectivity index (χ1v) is 6.87. The van der Waals surface area contributed by atoms with Crippen LogP contribution >= 0.6 is 0 Å². The van der Waals surface area contributed by atoms with Crippen LogP contribution in [0.4, 0.5) is 5.69 Å². The molecule has 0 saturated heterocycles. The van der Waals surface area contributed by atoms with Gasteiger partial charge in [-0.25, -0.2) is 0 Å². The van der Waals surface area contributed by atoms with Crippen molar-refractivity contribution >= 4 is 5.69 Å². The molecule has 0 aliphatic carbocycles. The summed E-state index contributed by atoms with van der Waals surface area (Å²) in [6, 6.07) is 12.1. The van der Waals surface area contributed by atoms with Crippen molar-refractivity contribution in [3.05, 3.63) is 54.0 Å². The van der Waals surface area contributed by atoms with E-state index in [0.717, 1.165) is 43.9 Å². The summed E-state index contributed by atoms with van der Waals surface area (Å²) in [5, 5.41) is 0. The Morgan fingerprint density at radius 2 is 2.00 bits per heavy atom. The normalized spacial score (nSPS) is 11.1. The molecule has 19 heavy (non-hydrogen) atoms. The van der Waals surface area contributed by atoms with Crippen LogP contribution in [0.1, 0.15) is 24.7 Å². The summed E-state index contributed by atoms with van der Waals surface area (Å²) >= 11 is 0. The highest BCUT2D eigenvalue weighted by atomic mass is 16.3. The zero-order chi connectivity index (χ0) is 13.5. The van der Waals surface area contributed by atoms with Crippen LogP contribution in [0.5, 0.6) is 0 Å². The van der Waals surface area contributed by atoms with Crippen LogP contribution in [0, 0.1) is 0 Å². The number of anilines is 1. The minimum atomic E-state index is 0.883. The van der Waals surface area contributed by atoms with Gasteiger partial charge in [-0.2, -0.15) is 0 Å². The number of nitrogens with zero attached hydrogens (tertiary/aromatic N) is 1. The van der Waals surface area contributed by atoms with Gasteiger partial charge in [-0.3, -0.25) is 4.90 Å². The van der Waals surface area contributed by atoms with E-state index in [2.05, 4.69) is 17.9 Å². The smallest absolute Gasteiger partial charge is 0.117 e. The Balaban J connectivity index is 1.79. The first-order valence-electron chi connectivity index (χ1n) is 6.87. The standard InChI is InChI=1S/C16H22N2O/c1-2-18(13-15-9-6-12-19-15)11-5-8-14-7-3-4-10-16(14)17/h3-4,6-7,9-10,12H,2,5,8,11,13,17H2,1H3. The third-order valence-electron chi connectivity index (χ3n) is 3.38. The maximum absolute atomic E-state index is 5.95. The number of furan rings is 1. The van der Waals surface area contributed by atoms with Crippen molar-refractivity contribution in [2.24, 2.45) is 0 Å². The summed E-state index contributed by atoms with van der Waals surface area (Å²) in [7, 11) is 0. The molecule has 1 aromatic carbocycles. The fourth-order valence-electron chi connectivity index (χ4n) is 2.23. The summed E-state index contributed by atoms with van der Waals surface area (Å²) in [5.74, 6) is 1.03. The van der Waals surface area contributed by atoms with Gasteiger partial charge < -0.3 is 10.2 Å². The molecule has 3 nitrogen and oxygen atoms in total. The van der Waals surface area contributed by atoms with Gasteiger partial charge in [0.15, 0.2) is 0 Å². The Morgan fingerprint density at radius 3 is 2.68 bits per heavy atom. The molecule has 0 bridgehead atoms. The molecule has 2 rings (SSSR count). The summed E-state index contributed by atoms with van der Waals surface area (Å²) in [6.07, 6.45) is 3.87. The van der Waals surface area contributed by atoms with Crippen molar-refractivity contribution in [1.29, 1.82) is 0 Å². The van der Waals surface area contributed by atoms with Gasteiger partial charge in [-0.05, 0) is 49.7 Å². The number of para-hydroxylation sites is 1. The molecule has 0 atom stereocenters. The molecule has 0 fully saturated rings. The second-order valence-electron chi connectivity index (χ2n) is 4.75. The predicted molar refractivity (Wildman–Crippen MR) is 78.8 cm³/mol. The minimum absolute atomic E-state index is 0.883. The Bertz CT molecular complexity index is 479. The lowest BCUT2D eigenvalue weighted by Crippen LogP contribution is -2.24. The van der Waals surface area contributed by atoms with Gasteiger partial charge in [-0.15, -0.1) is 0 Å². The van der Waals surface area contributed by atoms with E-state index in [0.29, 0.717) is 0 Å². The van der Waals surface area contributed by atoms with Crippen LogP contribution in [0.2, 0.25) is 0 Å². The molecule has 0 saturated carbocycles. The highest BCUT2D eigenvalue weighted by Crippen LogP contribution is 2.13. The predicted octanol–water partition coefficient (Wildman–Crippen LogP) is 3.32. The fraction of sp³-hybridized carbons (Fsp3) is 0.375. The largest absolute Gasteiger partial charge is 0.468 e. The van der Waals surface area contributed by atoms with Crippen molar-refractivity contribution in [2.75, 3.05) is 18.8 Å². The lowest BCUT2D eigenvalue weighted by atomic mass is 10.1. The molecule has 0 aliphatic rings. The second kappa shape index (κ2) is 7.00. The molecule has 3 heteroatoms. The number of hydrogen-bond acceptors (Lipinski definition) is 3. The van der Waals surface area contributed by atoms with E-state index in [9.17, 15) is 0 Å². The van der Waals surface area contributed by atoms with Crippen LogP contribution in [0.3, 0.4) is 0 Å². The maximum atomic E-state index is 5.95. The molecule has 0 radical (unpaired) electrons. The molecule has 0 aliphatic heterocycles. The highest BCUT2D eigenvalue weighted by Gasteiger charge is 2.06. The van der Waals surface area contributed by atoms with Crippen molar-refractivity contribution in [2.45, 2.75) is 26.3 Å². The fourth-order valence-corrected chi connectivity index (χ4v) is 2.23. The molecule has 0 spiro atoms. The molecular formula is C16H22N2O. The van der Waals surface area contributed by atoms with Crippen LogP contribution < -0.4 is 5.73 Å². The average molecular weight is 258 g/mol. The molecule has 0 unspecified atom stereocenters. The van der Waals surface area contributed by atoms with Gasteiger partial charge in [0, 0.05) is 5.69 Å². The van der Waals surface area contributed by atoms with E-state index in [1.807, 2.05) is 30.3 Å². The Hall–Kier alpha value is -1.74. The minimum Gasteiger partial charge on any atom is -0.468 e. The molecule has 0 amide bonds. The van der Waals surface area contributed by atoms with Crippen molar-refractivity contribution in [3.8, 4) is 0 Å². The van der Waals surface area contributed by atoms with Crippen LogP contribution in [0.15, 0.2) is 47.1 Å². The van der Waals surface area contributed by atoms with E-state index < -0.39 is 0 Å². The van der Waals surface area contributed by atoms with E-state index in [-0.39, 0.29) is 0 Å². The Kier molecular flexibility index (Phi) is 5.04. The van der Waals surface area contributed by atoms with Gasteiger partial charge in [0.2, 0.25) is 0 Å². The molecule has 102 valence electrons. The molecule has 1 heterocycles. The zero-order valence-corrected chi connectivity index (χ0v) is 11.5. The summed E-state index contributed by atoms with van der Waals surface area (Å²) < 4.78 is 5.39. The van der Waals surface area contributed by atoms with Gasteiger partial charge >= 0.3 is 0 Å². The van der Waals surface area contributed by atoms with Crippen LogP contribution in [-0.4, -0.2) is 18.0 Å². The van der Waals surface area contributed by atoms with Crippen molar-refractivity contribution in [1.82, 2.24) is 4.90 Å². The average Bonchev–Trinajstić information content (AvgIpc) is 2.92. The highest BCUT2D eigenvalue weighted by molar-refractivity contribution is 5.46. The van der Waals surface area contributed by atoms with Gasteiger partial charge in [0.05, 0.1) is 12.8 Å². The zero-order valence-electron chi connectivity index (χ0n) is 11.5. The Labute approximate surface area is 115 Å². The third kappa shape index (κ3) is 4.14. The molecular weight excluding hydrogens is 236 g/mol. The lowest BCUT2D eigenvalue weighted by Gasteiger charge is -2.19. The summed E-state index contributed by atoms with van der Waals surface area (Å²) in [5.41, 5.74) is 8.10. The van der Waals surface area contributed by atoms with Crippen LogP contribution in [0.25, 0.3) is 0 Å². The molecule has 2 aromatic rings. The molecule has 2 N–H and O–H groups in total. The number of hydrogen-bond donors (Lipinski definition) is 1. The van der Waals surface area contributed by atoms with Crippen molar-refractivity contribution < 1.29 is 4.42 Å². The number of rotatable bonds is 7. The molecule has 1 aromatic heterocycles. The van der Waals surface area contributed by atoms with E-state index in [4.69, 9.17) is 10.2 Å². The SMILES string of the molecule is CCN(CCCc1ccccc1N)Cc1ccco1. The maximum Gasteiger partial charge on any atom is 0.117 e. The van der Waals surface area contributed by atoms with Crippen LogP contribution in [-0.2, 0) is 13.0 Å². The van der Waals surface area contributed by atoms with Gasteiger partial charge in [0.25, 0.3) is 0 Å². The second-order valence-corrected chi connectivity index (χ2v) is 4.75. The summed E-state index contributed by atoms with van der Waals surface area (Å²) in [6.45, 7) is 5.16. The number of nitrogens with two attached hydrogens (primary N) is 1. The Morgan fingerprint density at radius 1 is 1.16 bits per heavy atom. The van der Waals surface area contributed by atoms with E-state index in [1.165, 1.54) is 5.56 Å².